The number of anilines is 1. The van der Waals surface area contributed by atoms with E-state index in [4.69, 9.17) is 11.3 Å². The van der Waals surface area contributed by atoms with Crippen LogP contribution in [0.3, 0.4) is 0 Å². The number of imidazole rings is 1. The first-order valence-corrected chi connectivity index (χ1v) is 5.50. The third kappa shape index (κ3) is 1.62. The first kappa shape index (κ1) is 10.5. The number of aromatic nitrogens is 2. The molecule has 0 saturated heterocycles. The zero-order valence-electron chi connectivity index (χ0n) is 9.51. The number of fused-ring (bicyclic) bond motifs is 1. The lowest BCUT2D eigenvalue weighted by molar-refractivity contribution is 1.15. The Morgan fingerprint density at radius 2 is 2.06 bits per heavy atom. The van der Waals surface area contributed by atoms with Crippen molar-refractivity contribution < 1.29 is 2.85 Å². The molecule has 5 nitrogen and oxygen atoms in total. The smallest absolute Gasteiger partial charge is 0.138 e. The summed E-state index contributed by atoms with van der Waals surface area (Å²) in [6.45, 7) is 0. The molecular weight excluding hydrogens is 226 g/mol. The molecule has 0 aliphatic heterocycles. The predicted molar refractivity (Wildman–Crippen MR) is 75.0 cm³/mol. The van der Waals surface area contributed by atoms with Crippen LogP contribution < -0.4 is 5.73 Å². The van der Waals surface area contributed by atoms with Gasteiger partial charge in [-0.1, -0.05) is 12.1 Å². The molecule has 0 unspecified atom stereocenters. The molecule has 0 amide bonds. The summed E-state index contributed by atoms with van der Waals surface area (Å²) in [7, 11) is 0. The van der Waals surface area contributed by atoms with Crippen LogP contribution in [0, 0.1) is 5.53 Å². The van der Waals surface area contributed by atoms with Crippen molar-refractivity contribution in [2.45, 2.75) is 0 Å². The average molecular weight is 241 g/mol. The number of para-hydroxylation sites is 2. The highest BCUT2D eigenvalue weighted by molar-refractivity contribution is 5.80. The van der Waals surface area contributed by atoms with Crippen LogP contribution in [0.5, 0.6) is 0 Å². The van der Waals surface area contributed by atoms with Crippen LogP contribution in [-0.4, -0.2) is 9.97 Å². The molecule has 0 saturated carbocycles. The summed E-state index contributed by atoms with van der Waals surface area (Å²) in [6, 6.07) is 13.2. The van der Waals surface area contributed by atoms with Gasteiger partial charge >= 0.3 is 0 Å². The van der Waals surface area contributed by atoms with E-state index < -0.39 is 0 Å². The van der Waals surface area contributed by atoms with E-state index >= 15 is 0 Å². The van der Waals surface area contributed by atoms with E-state index in [9.17, 15) is 0 Å². The Labute approximate surface area is 106 Å². The largest absolute Gasteiger partial charge is 0.397 e. The first-order chi connectivity index (χ1) is 8.78. The minimum absolute atomic E-state index is 0. The van der Waals surface area contributed by atoms with Crippen molar-refractivity contribution in [3.63, 3.8) is 0 Å². The maximum atomic E-state index is 7.07. The van der Waals surface area contributed by atoms with Gasteiger partial charge in [0.2, 0.25) is 0 Å². The van der Waals surface area contributed by atoms with Gasteiger partial charge in [-0.2, -0.15) is 5.11 Å². The fraction of sp³-hybridized carbons (Fsp3) is 0. The molecule has 2 aromatic carbocycles. The van der Waals surface area contributed by atoms with Gasteiger partial charge in [0.25, 0.3) is 0 Å². The van der Waals surface area contributed by atoms with Crippen molar-refractivity contribution in [3.8, 4) is 11.4 Å². The Morgan fingerprint density at radius 1 is 1.22 bits per heavy atom. The van der Waals surface area contributed by atoms with Crippen LogP contribution in [0.25, 0.3) is 22.4 Å². The number of nitrogens with one attached hydrogen (secondary N) is 2. The van der Waals surface area contributed by atoms with Crippen molar-refractivity contribution in [2.75, 3.05) is 5.73 Å². The minimum Gasteiger partial charge on any atom is -0.397 e. The normalized spacial score (nSPS) is 10.7. The number of H-pyrrole nitrogens is 1. The van der Waals surface area contributed by atoms with Crippen LogP contribution >= 0.6 is 0 Å². The number of nitrogens with two attached hydrogens (primary N) is 1. The number of benzene rings is 2. The van der Waals surface area contributed by atoms with Gasteiger partial charge in [-0.25, -0.2) is 10.5 Å². The van der Waals surface area contributed by atoms with Crippen LogP contribution in [0.2, 0.25) is 0 Å². The molecule has 0 spiro atoms. The van der Waals surface area contributed by atoms with Gasteiger partial charge in [0, 0.05) is 8.42 Å². The molecule has 1 heterocycles. The average Bonchev–Trinajstić information content (AvgIpc) is 2.83. The first-order valence-electron chi connectivity index (χ1n) is 5.50. The van der Waals surface area contributed by atoms with Crippen molar-refractivity contribution in [3.05, 3.63) is 42.5 Å². The Morgan fingerprint density at radius 3 is 2.83 bits per heavy atom. The molecule has 0 fully saturated rings. The van der Waals surface area contributed by atoms with Gasteiger partial charge < -0.3 is 10.7 Å². The van der Waals surface area contributed by atoms with Gasteiger partial charge in [0.1, 0.15) is 11.5 Å². The fourth-order valence-electron chi connectivity index (χ4n) is 1.88. The van der Waals surface area contributed by atoms with Gasteiger partial charge in [0.05, 0.1) is 16.7 Å². The number of nitrogens with zero attached hydrogens (tertiary/aromatic N) is 2. The molecule has 1 aromatic heterocycles. The lowest BCUT2D eigenvalue weighted by Gasteiger charge is -2.01. The third-order valence-electron chi connectivity index (χ3n) is 2.81. The summed E-state index contributed by atoms with van der Waals surface area (Å²) in [5.41, 5.74) is 16.5. The fourth-order valence-corrected chi connectivity index (χ4v) is 1.88. The van der Waals surface area contributed by atoms with E-state index in [2.05, 4.69) is 15.1 Å². The molecular formula is C13H15N5. The number of aromatic amines is 1. The number of nitrogen functional groups attached to an aromatic ring is 1. The Balaban J connectivity index is 0.000001000. The maximum Gasteiger partial charge on any atom is 0.138 e. The molecule has 0 atom stereocenters. The van der Waals surface area contributed by atoms with Crippen LogP contribution in [0.15, 0.2) is 47.6 Å². The Bertz CT molecular complexity index is 705. The van der Waals surface area contributed by atoms with Gasteiger partial charge in [-0.05, 0) is 30.3 Å². The highest BCUT2D eigenvalue weighted by Gasteiger charge is 2.07. The monoisotopic (exact) mass is 241 g/mol. The zero-order chi connectivity index (χ0) is 12.5. The highest BCUT2D eigenvalue weighted by Crippen LogP contribution is 2.28. The van der Waals surface area contributed by atoms with Gasteiger partial charge in [0.15, 0.2) is 0 Å². The van der Waals surface area contributed by atoms with E-state index in [1.165, 1.54) is 0 Å². The number of hydrogen-bond donors (Lipinski definition) is 3. The van der Waals surface area contributed by atoms with Crippen molar-refractivity contribution >= 4 is 22.4 Å². The summed E-state index contributed by atoms with van der Waals surface area (Å²) in [6.07, 6.45) is 0. The second-order valence-corrected chi connectivity index (χ2v) is 3.99. The standard InChI is InChI=1S/C13H11N5.2H2/c14-9-6-5-8(7-12(9)18-15)13-16-10-3-1-2-4-11(10)17-13;;/h1-7,15H,14H2,(H,16,17);2*1H. The van der Waals surface area contributed by atoms with E-state index in [1.54, 1.807) is 12.1 Å². The van der Waals surface area contributed by atoms with Crippen LogP contribution in [0.1, 0.15) is 2.85 Å². The molecule has 5 heteroatoms. The summed E-state index contributed by atoms with van der Waals surface area (Å²) in [4.78, 5) is 7.72. The van der Waals surface area contributed by atoms with Crippen molar-refractivity contribution in [2.24, 2.45) is 5.11 Å². The summed E-state index contributed by atoms with van der Waals surface area (Å²) in [5.74, 6) is 0.751. The lowest BCUT2D eigenvalue weighted by Crippen LogP contribution is -1.86. The SMILES string of the molecule is N=Nc1cc(-c2nc3ccccc3[nH]2)ccc1N.[HH].[HH]. The molecule has 3 rings (SSSR count). The van der Waals surface area contributed by atoms with Gasteiger partial charge in [-0.3, -0.25) is 0 Å². The van der Waals surface area contributed by atoms with Crippen LogP contribution in [0.4, 0.5) is 11.4 Å². The highest BCUT2D eigenvalue weighted by atomic mass is 15.0. The molecule has 0 radical (unpaired) electrons. The van der Waals surface area contributed by atoms with E-state index in [0.29, 0.717) is 11.4 Å². The number of hydrogen-bond acceptors (Lipinski definition) is 4. The van der Waals surface area contributed by atoms with Crippen molar-refractivity contribution in [1.82, 2.24) is 9.97 Å². The second kappa shape index (κ2) is 3.96. The molecule has 0 aliphatic carbocycles. The molecule has 0 aliphatic rings. The maximum absolute atomic E-state index is 7.07. The minimum atomic E-state index is 0. The quantitative estimate of drug-likeness (QED) is 0.468. The number of rotatable bonds is 2. The lowest BCUT2D eigenvalue weighted by atomic mass is 10.1. The molecule has 3 aromatic rings. The topological polar surface area (TPSA) is 90.9 Å². The molecule has 18 heavy (non-hydrogen) atoms. The Kier molecular flexibility index (Phi) is 2.30. The second-order valence-electron chi connectivity index (χ2n) is 3.99. The Hall–Kier alpha value is -2.69. The van der Waals surface area contributed by atoms with E-state index in [0.717, 1.165) is 22.4 Å². The summed E-state index contributed by atoms with van der Waals surface area (Å²) in [5, 5.41) is 3.39. The van der Waals surface area contributed by atoms with E-state index in [-0.39, 0.29) is 2.85 Å². The molecule has 4 N–H and O–H groups in total. The summed E-state index contributed by atoms with van der Waals surface area (Å²) < 4.78 is 0. The zero-order valence-corrected chi connectivity index (χ0v) is 9.51. The van der Waals surface area contributed by atoms with Crippen molar-refractivity contribution in [1.29, 1.82) is 5.53 Å². The molecule has 92 valence electrons. The van der Waals surface area contributed by atoms with Gasteiger partial charge in [-0.15, -0.1) is 0 Å². The summed E-state index contributed by atoms with van der Waals surface area (Å²) >= 11 is 0. The van der Waals surface area contributed by atoms with Crippen LogP contribution in [-0.2, 0) is 0 Å². The van der Waals surface area contributed by atoms with E-state index in [1.807, 2.05) is 30.3 Å². The molecule has 0 bridgehead atoms. The third-order valence-corrected chi connectivity index (χ3v) is 2.81. The predicted octanol–water partition coefficient (Wildman–Crippen LogP) is 3.97.